The van der Waals surface area contributed by atoms with Gasteiger partial charge in [0.25, 0.3) is 0 Å². The van der Waals surface area contributed by atoms with Gasteiger partial charge in [0.15, 0.2) is 29.6 Å². The zero-order valence-electron chi connectivity index (χ0n) is 14.8. The Morgan fingerprint density at radius 2 is 1.74 bits per heavy atom. The number of carbonyl (C=O) groups excluding carboxylic acids is 2. The predicted octanol–water partition coefficient (Wildman–Crippen LogP) is 3.87. The molecule has 1 aromatic heterocycles. The van der Waals surface area contributed by atoms with Crippen LogP contribution in [0.5, 0.6) is 11.5 Å². The van der Waals surface area contributed by atoms with Crippen LogP contribution in [0.2, 0.25) is 0 Å². The van der Waals surface area contributed by atoms with Gasteiger partial charge in [0.05, 0.1) is 14.2 Å². The largest absolute Gasteiger partial charge is 0.493 e. The van der Waals surface area contributed by atoms with Gasteiger partial charge in [-0.25, -0.2) is 9.78 Å². The van der Waals surface area contributed by atoms with Crippen LogP contribution < -0.4 is 9.47 Å². The number of thiazole rings is 1. The average Bonchev–Trinajstić information content (AvgIpc) is 3.22. The highest BCUT2D eigenvalue weighted by Crippen LogP contribution is 2.28. The lowest BCUT2D eigenvalue weighted by Crippen LogP contribution is -2.14. The van der Waals surface area contributed by atoms with Crippen molar-refractivity contribution in [1.82, 2.24) is 4.98 Å². The van der Waals surface area contributed by atoms with Crippen molar-refractivity contribution in [2.24, 2.45) is 0 Å². The van der Waals surface area contributed by atoms with Crippen LogP contribution in [0, 0.1) is 0 Å². The van der Waals surface area contributed by atoms with Gasteiger partial charge in [0.1, 0.15) is 5.01 Å². The molecular formula is C20H17NO5S. The van der Waals surface area contributed by atoms with E-state index < -0.39 is 5.97 Å². The number of esters is 1. The summed E-state index contributed by atoms with van der Waals surface area (Å²) in [7, 11) is 3.00. The van der Waals surface area contributed by atoms with Gasteiger partial charge in [0, 0.05) is 16.5 Å². The Balaban J connectivity index is 1.64. The number of carbonyl (C=O) groups is 2. The Labute approximate surface area is 160 Å². The molecular weight excluding hydrogens is 366 g/mol. The van der Waals surface area contributed by atoms with E-state index in [2.05, 4.69) is 4.98 Å². The van der Waals surface area contributed by atoms with Crippen molar-refractivity contribution < 1.29 is 23.8 Å². The van der Waals surface area contributed by atoms with Crippen molar-refractivity contribution in [3.8, 4) is 22.1 Å². The van der Waals surface area contributed by atoms with Gasteiger partial charge in [-0.15, -0.1) is 11.3 Å². The average molecular weight is 383 g/mol. The summed E-state index contributed by atoms with van der Waals surface area (Å²) in [5.41, 5.74) is 1.46. The van der Waals surface area contributed by atoms with E-state index in [1.165, 1.54) is 25.6 Å². The van der Waals surface area contributed by atoms with Gasteiger partial charge >= 0.3 is 5.97 Å². The summed E-state index contributed by atoms with van der Waals surface area (Å²) in [4.78, 5) is 28.7. The topological polar surface area (TPSA) is 74.7 Å². The third-order valence-corrected chi connectivity index (χ3v) is 4.67. The Bertz CT molecular complexity index is 952. The summed E-state index contributed by atoms with van der Waals surface area (Å²) in [6.07, 6.45) is 0. The van der Waals surface area contributed by atoms with E-state index in [1.54, 1.807) is 23.6 Å². The van der Waals surface area contributed by atoms with Crippen molar-refractivity contribution in [1.29, 1.82) is 0 Å². The molecule has 2 aromatic carbocycles. The number of nitrogens with zero attached hydrogens (tertiary/aromatic N) is 1. The fraction of sp³-hybridized carbons (Fsp3) is 0.150. The van der Waals surface area contributed by atoms with Crippen LogP contribution in [-0.2, 0) is 4.74 Å². The molecule has 0 saturated heterocycles. The molecule has 0 saturated carbocycles. The van der Waals surface area contributed by atoms with Gasteiger partial charge < -0.3 is 14.2 Å². The third kappa shape index (κ3) is 4.32. The maximum absolute atomic E-state index is 12.3. The minimum Gasteiger partial charge on any atom is -0.493 e. The fourth-order valence-electron chi connectivity index (χ4n) is 2.38. The molecule has 7 heteroatoms. The first-order valence-corrected chi connectivity index (χ1v) is 8.93. The first-order valence-electron chi connectivity index (χ1n) is 8.05. The van der Waals surface area contributed by atoms with Crippen molar-refractivity contribution in [3.05, 3.63) is 65.2 Å². The minimum absolute atomic E-state index is 0.180. The van der Waals surface area contributed by atoms with Crippen molar-refractivity contribution in [2.45, 2.75) is 0 Å². The number of hydrogen-bond donors (Lipinski definition) is 0. The molecule has 0 bridgehead atoms. The number of hydrogen-bond acceptors (Lipinski definition) is 7. The van der Waals surface area contributed by atoms with Crippen LogP contribution in [0.15, 0.2) is 53.9 Å². The van der Waals surface area contributed by atoms with Crippen LogP contribution in [-0.4, -0.2) is 37.6 Å². The zero-order valence-corrected chi connectivity index (χ0v) is 15.6. The maximum Gasteiger partial charge on any atom is 0.358 e. The van der Waals surface area contributed by atoms with E-state index >= 15 is 0 Å². The van der Waals surface area contributed by atoms with Gasteiger partial charge in [-0.1, -0.05) is 30.3 Å². The van der Waals surface area contributed by atoms with Crippen LogP contribution in [0.1, 0.15) is 20.8 Å². The van der Waals surface area contributed by atoms with Gasteiger partial charge in [-0.2, -0.15) is 0 Å². The first kappa shape index (κ1) is 18.6. The highest BCUT2D eigenvalue weighted by molar-refractivity contribution is 7.13. The molecule has 138 valence electrons. The fourth-order valence-corrected chi connectivity index (χ4v) is 3.17. The molecule has 27 heavy (non-hydrogen) atoms. The smallest absolute Gasteiger partial charge is 0.358 e. The molecule has 0 N–H and O–H groups in total. The SMILES string of the molecule is COc1ccc(C(=O)COC(=O)c2csc(-c3ccccc3)n2)cc1OC. The van der Waals surface area contributed by atoms with Gasteiger partial charge in [-0.3, -0.25) is 4.79 Å². The summed E-state index contributed by atoms with van der Waals surface area (Å²) < 4.78 is 15.4. The summed E-state index contributed by atoms with van der Waals surface area (Å²) in [5, 5.41) is 2.33. The second-order valence-corrected chi connectivity index (χ2v) is 6.33. The van der Waals surface area contributed by atoms with E-state index in [4.69, 9.17) is 14.2 Å². The molecule has 0 unspecified atom stereocenters. The molecule has 0 fully saturated rings. The molecule has 1 heterocycles. The molecule has 0 aliphatic carbocycles. The molecule has 3 aromatic rings. The van der Waals surface area contributed by atoms with Crippen LogP contribution in [0.25, 0.3) is 10.6 Å². The summed E-state index contributed by atoms with van der Waals surface area (Å²) >= 11 is 1.34. The van der Waals surface area contributed by atoms with Gasteiger partial charge in [0.2, 0.25) is 0 Å². The van der Waals surface area contributed by atoms with E-state index in [9.17, 15) is 9.59 Å². The zero-order chi connectivity index (χ0) is 19.2. The highest BCUT2D eigenvalue weighted by atomic mass is 32.1. The molecule has 0 amide bonds. The highest BCUT2D eigenvalue weighted by Gasteiger charge is 2.17. The lowest BCUT2D eigenvalue weighted by Gasteiger charge is -2.09. The summed E-state index contributed by atoms with van der Waals surface area (Å²) in [5.74, 6) is -0.0336. The second kappa shape index (κ2) is 8.46. The lowest BCUT2D eigenvalue weighted by atomic mass is 10.1. The molecule has 0 atom stereocenters. The molecule has 0 aliphatic heterocycles. The number of rotatable bonds is 7. The Kier molecular flexibility index (Phi) is 5.83. The molecule has 6 nitrogen and oxygen atoms in total. The van der Waals surface area contributed by atoms with Crippen molar-refractivity contribution >= 4 is 23.1 Å². The van der Waals surface area contributed by atoms with Crippen molar-refractivity contribution in [3.63, 3.8) is 0 Å². The number of aromatic nitrogens is 1. The molecule has 3 rings (SSSR count). The molecule has 0 aliphatic rings. The molecule has 0 radical (unpaired) electrons. The summed E-state index contributed by atoms with van der Waals surface area (Å²) in [6.45, 7) is -0.382. The summed E-state index contributed by atoms with van der Waals surface area (Å²) in [6, 6.07) is 14.3. The number of Topliss-reactive ketones (excluding diaryl/α,β-unsaturated/α-hetero) is 1. The first-order chi connectivity index (χ1) is 13.1. The van der Waals surface area contributed by atoms with Crippen LogP contribution in [0.4, 0.5) is 0 Å². The Hall–Kier alpha value is -3.19. The van der Waals surface area contributed by atoms with Crippen LogP contribution in [0.3, 0.4) is 0 Å². The monoisotopic (exact) mass is 383 g/mol. The Morgan fingerprint density at radius 1 is 1.00 bits per heavy atom. The normalized spacial score (nSPS) is 10.3. The number of benzene rings is 2. The quantitative estimate of drug-likeness (QED) is 0.455. The van der Waals surface area contributed by atoms with E-state index in [-0.39, 0.29) is 18.1 Å². The predicted molar refractivity (Wildman–Crippen MR) is 102 cm³/mol. The number of ether oxygens (including phenoxy) is 3. The van der Waals surface area contributed by atoms with Crippen LogP contribution >= 0.6 is 11.3 Å². The second-order valence-electron chi connectivity index (χ2n) is 5.47. The third-order valence-electron chi connectivity index (χ3n) is 3.77. The minimum atomic E-state index is -0.637. The molecule has 0 spiro atoms. The number of ketones is 1. The van der Waals surface area contributed by atoms with E-state index in [0.717, 1.165) is 5.56 Å². The standard InChI is InChI=1S/C20H17NO5S/c1-24-17-9-8-14(10-18(17)25-2)16(22)11-26-20(23)15-12-27-19(21-15)13-6-4-3-5-7-13/h3-10,12H,11H2,1-2H3. The maximum atomic E-state index is 12.3. The van der Waals surface area contributed by atoms with E-state index in [1.807, 2.05) is 30.3 Å². The lowest BCUT2D eigenvalue weighted by molar-refractivity contribution is 0.0470. The Morgan fingerprint density at radius 3 is 2.44 bits per heavy atom. The van der Waals surface area contributed by atoms with Crippen molar-refractivity contribution in [2.75, 3.05) is 20.8 Å². The van der Waals surface area contributed by atoms with E-state index in [0.29, 0.717) is 22.1 Å². The number of methoxy groups -OCH3 is 2. The van der Waals surface area contributed by atoms with Gasteiger partial charge in [-0.05, 0) is 18.2 Å².